The Morgan fingerprint density at radius 2 is 2.03 bits per heavy atom. The van der Waals surface area contributed by atoms with Crippen molar-refractivity contribution in [2.75, 3.05) is 20.3 Å². The Hall–Kier alpha value is -2.91. The Morgan fingerprint density at radius 3 is 2.74 bits per heavy atom. The molecule has 0 saturated carbocycles. The van der Waals surface area contributed by atoms with Gasteiger partial charge in [0.15, 0.2) is 18.1 Å². The third-order valence-electron chi connectivity index (χ3n) is 4.85. The molecule has 0 aliphatic rings. The second kappa shape index (κ2) is 12.0. The molecule has 180 valence electrons. The smallest absolute Gasteiger partial charge is 0.343 e. The van der Waals surface area contributed by atoms with Crippen molar-refractivity contribution in [3.05, 3.63) is 61.6 Å². The summed E-state index contributed by atoms with van der Waals surface area (Å²) in [5.74, 6) is 0.606. The summed E-state index contributed by atoms with van der Waals surface area (Å²) < 4.78 is 17.8. The van der Waals surface area contributed by atoms with Crippen LogP contribution in [-0.2, 0) is 16.0 Å². The second-order valence-electron chi connectivity index (χ2n) is 7.28. The number of aryl methyl sites for hydroxylation is 1. The van der Waals surface area contributed by atoms with Crippen LogP contribution in [0.4, 0.5) is 0 Å². The van der Waals surface area contributed by atoms with E-state index in [2.05, 4.69) is 37.7 Å². The van der Waals surface area contributed by atoms with E-state index < -0.39 is 5.97 Å². The number of carbonyl (C=O) groups is 1. The number of aromatic nitrogens is 2. The lowest BCUT2D eigenvalue weighted by molar-refractivity contribution is -0.142. The number of ether oxygens (including phenoxy) is 3. The Bertz CT molecular complexity index is 1280. The minimum absolute atomic E-state index is 0.226. The van der Waals surface area contributed by atoms with Crippen LogP contribution in [0.3, 0.4) is 0 Å². The molecular weight excluding hydrogens is 526 g/mol. The van der Waals surface area contributed by atoms with Gasteiger partial charge in [-0.05, 0) is 49.2 Å². The van der Waals surface area contributed by atoms with Gasteiger partial charge in [-0.2, -0.15) is 9.78 Å². The van der Waals surface area contributed by atoms with Gasteiger partial charge in [0.25, 0.3) is 5.56 Å². The molecule has 0 radical (unpaired) electrons. The van der Waals surface area contributed by atoms with Crippen molar-refractivity contribution in [1.29, 1.82) is 0 Å². The molecule has 1 heterocycles. The lowest BCUT2D eigenvalue weighted by Crippen LogP contribution is -2.22. The van der Waals surface area contributed by atoms with Crippen LogP contribution in [0.5, 0.6) is 11.5 Å². The van der Waals surface area contributed by atoms with Crippen molar-refractivity contribution >= 4 is 50.6 Å². The molecular formula is C24H25BrClN3O5. The highest BCUT2D eigenvalue weighted by Gasteiger charge is 2.15. The standard InChI is InChI=1S/C24H25BrClN3O5/c1-4-6-7-21-28-19-9-8-16(25)12-17(19)24(31)29(21)27-13-15-10-18(26)23(20(11-15)33-5-2)34-14-22(30)32-3/h8-13H,4-7,14H2,1-3H3. The number of hydrogen-bond acceptors (Lipinski definition) is 7. The van der Waals surface area contributed by atoms with E-state index in [-0.39, 0.29) is 22.9 Å². The monoisotopic (exact) mass is 549 g/mol. The van der Waals surface area contributed by atoms with Crippen LogP contribution in [0.15, 0.2) is 44.7 Å². The summed E-state index contributed by atoms with van der Waals surface area (Å²) in [4.78, 5) is 29.3. The van der Waals surface area contributed by atoms with E-state index in [1.807, 2.05) is 19.1 Å². The minimum atomic E-state index is -0.543. The highest BCUT2D eigenvalue weighted by atomic mass is 79.9. The molecule has 0 saturated heterocycles. The highest BCUT2D eigenvalue weighted by Crippen LogP contribution is 2.36. The maximum Gasteiger partial charge on any atom is 0.343 e. The van der Waals surface area contributed by atoms with Crippen LogP contribution in [-0.4, -0.2) is 42.2 Å². The summed E-state index contributed by atoms with van der Waals surface area (Å²) in [7, 11) is 1.27. The van der Waals surface area contributed by atoms with E-state index in [1.54, 1.807) is 18.2 Å². The normalized spacial score (nSPS) is 11.2. The van der Waals surface area contributed by atoms with Crippen LogP contribution in [0.25, 0.3) is 10.9 Å². The first kappa shape index (κ1) is 25.7. The molecule has 0 spiro atoms. The first-order valence-corrected chi connectivity index (χ1v) is 12.0. The molecule has 3 aromatic rings. The molecule has 34 heavy (non-hydrogen) atoms. The third-order valence-corrected chi connectivity index (χ3v) is 5.62. The number of unbranched alkanes of at least 4 members (excludes halogenated alkanes) is 1. The van der Waals surface area contributed by atoms with Crippen LogP contribution in [0.2, 0.25) is 5.02 Å². The predicted molar refractivity (Wildman–Crippen MR) is 135 cm³/mol. The summed E-state index contributed by atoms with van der Waals surface area (Å²) in [6, 6.07) is 8.69. The summed E-state index contributed by atoms with van der Waals surface area (Å²) in [6.07, 6.45) is 3.95. The van der Waals surface area contributed by atoms with Crippen molar-refractivity contribution in [2.45, 2.75) is 33.1 Å². The molecule has 0 unspecified atom stereocenters. The fourth-order valence-electron chi connectivity index (χ4n) is 3.19. The van der Waals surface area contributed by atoms with Gasteiger partial charge in [0.2, 0.25) is 0 Å². The minimum Gasteiger partial charge on any atom is -0.490 e. The van der Waals surface area contributed by atoms with E-state index in [0.29, 0.717) is 41.1 Å². The van der Waals surface area contributed by atoms with Gasteiger partial charge in [0.1, 0.15) is 5.82 Å². The molecule has 2 aromatic carbocycles. The van der Waals surface area contributed by atoms with Crippen LogP contribution < -0.4 is 15.0 Å². The molecule has 0 aliphatic heterocycles. The lowest BCUT2D eigenvalue weighted by Gasteiger charge is -2.14. The Kier molecular flexibility index (Phi) is 9.06. The fraction of sp³-hybridized carbons (Fsp3) is 0.333. The average Bonchev–Trinajstić information content (AvgIpc) is 2.82. The second-order valence-corrected chi connectivity index (χ2v) is 8.61. The highest BCUT2D eigenvalue weighted by molar-refractivity contribution is 9.10. The average molecular weight is 551 g/mol. The van der Waals surface area contributed by atoms with Crippen molar-refractivity contribution in [2.24, 2.45) is 5.10 Å². The van der Waals surface area contributed by atoms with Crippen molar-refractivity contribution in [3.63, 3.8) is 0 Å². The van der Waals surface area contributed by atoms with Crippen molar-refractivity contribution in [3.8, 4) is 11.5 Å². The molecule has 0 aliphatic carbocycles. The maximum absolute atomic E-state index is 13.2. The number of halogens is 2. The molecule has 3 rings (SSSR count). The summed E-state index contributed by atoms with van der Waals surface area (Å²) >= 11 is 9.81. The lowest BCUT2D eigenvalue weighted by atomic mass is 10.2. The van der Waals surface area contributed by atoms with E-state index >= 15 is 0 Å². The molecule has 0 N–H and O–H groups in total. The van der Waals surface area contributed by atoms with Gasteiger partial charge in [-0.3, -0.25) is 4.79 Å². The van der Waals surface area contributed by atoms with Gasteiger partial charge in [-0.25, -0.2) is 9.78 Å². The fourth-order valence-corrected chi connectivity index (χ4v) is 3.83. The number of hydrogen-bond donors (Lipinski definition) is 0. The first-order valence-electron chi connectivity index (χ1n) is 10.8. The van der Waals surface area contributed by atoms with Gasteiger partial charge in [0.05, 0.1) is 35.9 Å². The van der Waals surface area contributed by atoms with Gasteiger partial charge in [-0.1, -0.05) is 40.9 Å². The summed E-state index contributed by atoms with van der Waals surface area (Å²) in [5, 5.41) is 5.14. The molecule has 0 bridgehead atoms. The molecule has 10 heteroatoms. The maximum atomic E-state index is 13.2. The van der Waals surface area contributed by atoms with Crippen LogP contribution in [0, 0.1) is 0 Å². The molecule has 0 fully saturated rings. The first-order chi connectivity index (χ1) is 16.4. The molecule has 0 amide bonds. The molecule has 1 aromatic heterocycles. The van der Waals surface area contributed by atoms with Crippen molar-refractivity contribution < 1.29 is 19.0 Å². The van der Waals surface area contributed by atoms with E-state index in [1.165, 1.54) is 18.0 Å². The Balaban J connectivity index is 2.03. The largest absolute Gasteiger partial charge is 0.490 e. The van der Waals surface area contributed by atoms with Gasteiger partial charge >= 0.3 is 5.97 Å². The van der Waals surface area contributed by atoms with Crippen LogP contribution >= 0.6 is 27.5 Å². The zero-order chi connectivity index (χ0) is 24.7. The van der Waals surface area contributed by atoms with E-state index in [4.69, 9.17) is 21.1 Å². The summed E-state index contributed by atoms with van der Waals surface area (Å²) in [5.41, 5.74) is 0.948. The number of rotatable bonds is 10. The zero-order valence-corrected chi connectivity index (χ0v) is 21.5. The summed E-state index contributed by atoms with van der Waals surface area (Å²) in [6.45, 7) is 3.94. The topological polar surface area (TPSA) is 92.0 Å². The van der Waals surface area contributed by atoms with Gasteiger partial charge < -0.3 is 14.2 Å². The van der Waals surface area contributed by atoms with Gasteiger partial charge in [0, 0.05) is 10.9 Å². The third kappa shape index (κ3) is 6.15. The number of fused-ring (bicyclic) bond motifs is 1. The van der Waals surface area contributed by atoms with E-state index in [9.17, 15) is 9.59 Å². The Morgan fingerprint density at radius 1 is 1.24 bits per heavy atom. The molecule has 8 nitrogen and oxygen atoms in total. The number of nitrogens with zero attached hydrogens (tertiary/aromatic N) is 3. The number of esters is 1. The Labute approximate surface area is 210 Å². The molecule has 0 atom stereocenters. The predicted octanol–water partition coefficient (Wildman–Crippen LogP) is 4.99. The van der Waals surface area contributed by atoms with Crippen LogP contribution in [0.1, 0.15) is 38.1 Å². The zero-order valence-electron chi connectivity index (χ0n) is 19.1. The number of methoxy groups -OCH3 is 1. The quantitative estimate of drug-likeness (QED) is 0.261. The number of benzene rings is 2. The van der Waals surface area contributed by atoms with Crippen molar-refractivity contribution in [1.82, 2.24) is 9.66 Å². The van der Waals surface area contributed by atoms with E-state index in [0.717, 1.165) is 17.3 Å². The van der Waals surface area contributed by atoms with Gasteiger partial charge in [-0.15, -0.1) is 0 Å². The SMILES string of the molecule is CCCCc1nc2ccc(Br)cc2c(=O)n1N=Cc1cc(Cl)c(OCC(=O)OC)c(OCC)c1. The number of carbonyl (C=O) groups excluding carboxylic acids is 1.